The lowest BCUT2D eigenvalue weighted by Crippen LogP contribution is -2.12. The molecule has 0 aromatic carbocycles. The second-order valence-electron chi connectivity index (χ2n) is 3.78. The minimum Gasteiger partial charge on any atom is -0.469 e. The van der Waals surface area contributed by atoms with Gasteiger partial charge in [0.1, 0.15) is 11.6 Å². The van der Waals surface area contributed by atoms with Crippen molar-refractivity contribution in [1.82, 2.24) is 4.98 Å². The van der Waals surface area contributed by atoms with Gasteiger partial charge in [0, 0.05) is 12.8 Å². The minimum absolute atomic E-state index is 0.141. The summed E-state index contributed by atoms with van der Waals surface area (Å²) in [6.45, 7) is 0. The van der Waals surface area contributed by atoms with Crippen LogP contribution in [0.3, 0.4) is 0 Å². The number of hydrogen-bond donors (Lipinski definition) is 2. The quantitative estimate of drug-likeness (QED) is 0.587. The van der Waals surface area contributed by atoms with Crippen molar-refractivity contribution in [3.05, 3.63) is 18.2 Å². The molecular formula is C12H17N3O3. The number of carbonyl (C=O) groups excluding carboxylic acids is 2. The van der Waals surface area contributed by atoms with E-state index in [0.717, 1.165) is 0 Å². The Bertz CT molecular complexity index is 421. The zero-order chi connectivity index (χ0) is 13.4. The lowest BCUT2D eigenvalue weighted by Gasteiger charge is -2.04. The van der Waals surface area contributed by atoms with E-state index in [1.807, 2.05) is 0 Å². The number of carbonyl (C=O) groups is 2. The summed E-state index contributed by atoms with van der Waals surface area (Å²) in [7, 11) is 1.35. The van der Waals surface area contributed by atoms with E-state index in [9.17, 15) is 9.59 Å². The van der Waals surface area contributed by atoms with Crippen LogP contribution in [0.1, 0.15) is 25.7 Å². The smallest absolute Gasteiger partial charge is 0.305 e. The van der Waals surface area contributed by atoms with Crippen LogP contribution in [0, 0.1) is 0 Å². The molecule has 3 N–H and O–H groups in total. The lowest BCUT2D eigenvalue weighted by molar-refractivity contribution is -0.140. The Morgan fingerprint density at radius 1 is 1.33 bits per heavy atom. The fourth-order valence-electron chi connectivity index (χ4n) is 1.38. The minimum atomic E-state index is -0.257. The first-order chi connectivity index (χ1) is 8.61. The van der Waals surface area contributed by atoms with E-state index in [2.05, 4.69) is 15.0 Å². The second-order valence-corrected chi connectivity index (χ2v) is 3.78. The Morgan fingerprint density at radius 3 is 2.72 bits per heavy atom. The molecule has 0 saturated carbocycles. The third-order valence-electron chi connectivity index (χ3n) is 2.30. The molecule has 6 nitrogen and oxygen atoms in total. The lowest BCUT2D eigenvalue weighted by atomic mass is 10.2. The number of esters is 1. The summed E-state index contributed by atoms with van der Waals surface area (Å²) in [5.74, 6) is 0.400. The second kappa shape index (κ2) is 7.26. The van der Waals surface area contributed by atoms with Crippen molar-refractivity contribution in [2.45, 2.75) is 25.7 Å². The molecule has 1 amide bonds. The number of aromatic nitrogens is 1. The molecule has 0 aliphatic rings. The molecule has 0 unspecified atom stereocenters. The number of hydrogen-bond acceptors (Lipinski definition) is 5. The Kier molecular flexibility index (Phi) is 5.63. The summed E-state index contributed by atoms with van der Waals surface area (Å²) < 4.78 is 4.50. The fourth-order valence-corrected chi connectivity index (χ4v) is 1.38. The van der Waals surface area contributed by atoms with Gasteiger partial charge < -0.3 is 15.8 Å². The number of nitrogens with one attached hydrogen (secondary N) is 1. The molecular weight excluding hydrogens is 234 g/mol. The molecule has 0 saturated heterocycles. The first-order valence-corrected chi connectivity index (χ1v) is 5.71. The van der Waals surface area contributed by atoms with E-state index in [1.165, 1.54) is 7.11 Å². The highest BCUT2D eigenvalue weighted by Crippen LogP contribution is 2.08. The predicted octanol–water partition coefficient (Wildman–Crippen LogP) is 1.34. The maximum atomic E-state index is 11.5. The molecule has 1 rings (SSSR count). The summed E-state index contributed by atoms with van der Waals surface area (Å²) >= 11 is 0. The molecule has 0 bridgehead atoms. The number of unbranched alkanes of at least 4 members (excludes halogenated alkanes) is 1. The van der Waals surface area contributed by atoms with Crippen molar-refractivity contribution in [1.29, 1.82) is 0 Å². The average molecular weight is 251 g/mol. The maximum Gasteiger partial charge on any atom is 0.305 e. The number of rotatable bonds is 6. The van der Waals surface area contributed by atoms with Crippen LogP contribution in [-0.4, -0.2) is 24.0 Å². The Labute approximate surface area is 106 Å². The van der Waals surface area contributed by atoms with Crippen molar-refractivity contribution in [2.75, 3.05) is 18.2 Å². The number of ether oxygens (including phenoxy) is 1. The van der Waals surface area contributed by atoms with Crippen LogP contribution in [0.15, 0.2) is 18.2 Å². The Balaban J connectivity index is 2.24. The van der Waals surface area contributed by atoms with Gasteiger partial charge in [0.2, 0.25) is 5.91 Å². The number of nitrogens with two attached hydrogens (primary N) is 1. The maximum absolute atomic E-state index is 11.5. The molecule has 0 radical (unpaired) electrons. The Hall–Kier alpha value is -2.11. The summed E-state index contributed by atoms with van der Waals surface area (Å²) in [6, 6.07) is 5.03. The standard InChI is InChI=1S/C12H17N3O3/c1-18-12(17)8-3-2-7-11(16)15-10-6-4-5-9(13)14-10/h4-6H,2-3,7-8H2,1H3,(H3,13,14,15,16). The SMILES string of the molecule is COC(=O)CCCCC(=O)Nc1cccc(N)n1. The molecule has 6 heteroatoms. The van der Waals surface area contributed by atoms with Crippen molar-refractivity contribution in [3.63, 3.8) is 0 Å². The van der Waals surface area contributed by atoms with Crippen molar-refractivity contribution in [2.24, 2.45) is 0 Å². The van der Waals surface area contributed by atoms with Crippen LogP contribution in [0.5, 0.6) is 0 Å². The summed E-state index contributed by atoms with van der Waals surface area (Å²) in [4.78, 5) is 26.3. The number of nitrogen functional groups attached to an aromatic ring is 1. The number of amides is 1. The van der Waals surface area contributed by atoms with Gasteiger partial charge in [-0.05, 0) is 25.0 Å². The normalized spacial score (nSPS) is 9.83. The van der Waals surface area contributed by atoms with Crippen molar-refractivity contribution in [3.8, 4) is 0 Å². The molecule has 0 fully saturated rings. The fraction of sp³-hybridized carbons (Fsp3) is 0.417. The molecule has 0 spiro atoms. The molecule has 1 heterocycles. The van der Waals surface area contributed by atoms with E-state index >= 15 is 0 Å². The third-order valence-corrected chi connectivity index (χ3v) is 2.30. The molecule has 98 valence electrons. The highest BCUT2D eigenvalue weighted by molar-refractivity contribution is 5.89. The molecule has 18 heavy (non-hydrogen) atoms. The van der Waals surface area contributed by atoms with E-state index in [-0.39, 0.29) is 11.9 Å². The van der Waals surface area contributed by atoms with E-state index < -0.39 is 0 Å². The number of methoxy groups -OCH3 is 1. The van der Waals surface area contributed by atoms with Gasteiger partial charge in [-0.15, -0.1) is 0 Å². The predicted molar refractivity (Wildman–Crippen MR) is 67.8 cm³/mol. The molecule has 0 atom stereocenters. The van der Waals surface area contributed by atoms with Crippen LogP contribution in [0.2, 0.25) is 0 Å². The van der Waals surface area contributed by atoms with E-state index in [0.29, 0.717) is 37.3 Å². The molecule has 0 aliphatic carbocycles. The van der Waals surface area contributed by atoms with Gasteiger partial charge in [-0.1, -0.05) is 6.07 Å². The summed E-state index contributed by atoms with van der Waals surface area (Å²) in [6.07, 6.45) is 1.93. The van der Waals surface area contributed by atoms with Crippen LogP contribution in [0.4, 0.5) is 11.6 Å². The molecule has 1 aromatic rings. The summed E-state index contributed by atoms with van der Waals surface area (Å²) in [5, 5.41) is 2.64. The summed E-state index contributed by atoms with van der Waals surface area (Å²) in [5.41, 5.74) is 5.49. The van der Waals surface area contributed by atoms with Gasteiger partial charge in [0.05, 0.1) is 7.11 Å². The van der Waals surface area contributed by atoms with Crippen LogP contribution in [-0.2, 0) is 14.3 Å². The zero-order valence-corrected chi connectivity index (χ0v) is 10.3. The van der Waals surface area contributed by atoms with Crippen molar-refractivity contribution >= 4 is 23.5 Å². The Morgan fingerprint density at radius 2 is 2.06 bits per heavy atom. The average Bonchev–Trinajstić information content (AvgIpc) is 2.34. The van der Waals surface area contributed by atoms with E-state index in [1.54, 1.807) is 18.2 Å². The highest BCUT2D eigenvalue weighted by Gasteiger charge is 2.05. The highest BCUT2D eigenvalue weighted by atomic mass is 16.5. The topological polar surface area (TPSA) is 94.3 Å². The van der Waals surface area contributed by atoms with Gasteiger partial charge in [-0.2, -0.15) is 0 Å². The number of anilines is 2. The monoisotopic (exact) mass is 251 g/mol. The van der Waals surface area contributed by atoms with E-state index in [4.69, 9.17) is 5.73 Å². The first-order valence-electron chi connectivity index (χ1n) is 5.71. The molecule has 1 aromatic heterocycles. The number of pyridine rings is 1. The largest absolute Gasteiger partial charge is 0.469 e. The van der Waals surface area contributed by atoms with Crippen LogP contribution >= 0.6 is 0 Å². The van der Waals surface area contributed by atoms with Gasteiger partial charge in [0.15, 0.2) is 0 Å². The van der Waals surface area contributed by atoms with Gasteiger partial charge in [-0.3, -0.25) is 9.59 Å². The first kappa shape index (κ1) is 14.0. The third kappa shape index (κ3) is 5.29. The molecule has 0 aliphatic heterocycles. The van der Waals surface area contributed by atoms with Gasteiger partial charge in [0.25, 0.3) is 0 Å². The van der Waals surface area contributed by atoms with Gasteiger partial charge in [-0.25, -0.2) is 4.98 Å². The van der Waals surface area contributed by atoms with Crippen molar-refractivity contribution < 1.29 is 14.3 Å². The number of nitrogens with zero attached hydrogens (tertiary/aromatic N) is 1. The zero-order valence-electron chi connectivity index (χ0n) is 10.3. The van der Waals surface area contributed by atoms with Crippen LogP contribution < -0.4 is 11.1 Å². The van der Waals surface area contributed by atoms with Gasteiger partial charge >= 0.3 is 5.97 Å². The van der Waals surface area contributed by atoms with Crippen LogP contribution in [0.25, 0.3) is 0 Å².